The second kappa shape index (κ2) is 9.72. The molecule has 0 saturated heterocycles. The number of hydrogen-bond acceptors (Lipinski definition) is 7. The smallest absolute Gasteiger partial charge is 0.394 e. The Labute approximate surface area is 203 Å². The van der Waals surface area contributed by atoms with Gasteiger partial charge in [-0.1, -0.05) is 0 Å². The highest BCUT2D eigenvalue weighted by molar-refractivity contribution is 5.84. The fraction of sp³-hybridized carbons (Fsp3) is 0.600. The van der Waals surface area contributed by atoms with Gasteiger partial charge in [0.1, 0.15) is 23.4 Å². The van der Waals surface area contributed by atoms with E-state index < -0.39 is 23.8 Å². The molecular formula is C25H32F3N5O2. The van der Waals surface area contributed by atoms with Crippen molar-refractivity contribution < 1.29 is 22.7 Å². The number of pyridine rings is 1. The zero-order chi connectivity index (χ0) is 25.4. The van der Waals surface area contributed by atoms with Crippen LogP contribution in [0.1, 0.15) is 43.9 Å². The molecule has 2 aromatic rings. The first-order valence-corrected chi connectivity index (χ1v) is 11.9. The number of rotatable bonds is 10. The normalized spacial score (nSPS) is 17.3. The Balaban J connectivity index is 1.54. The number of likely N-dealkylation sites (N-methyl/N-ethyl adjacent to an activating group) is 2. The van der Waals surface area contributed by atoms with E-state index >= 15 is 0 Å². The zero-order valence-electron chi connectivity index (χ0n) is 20.7. The van der Waals surface area contributed by atoms with E-state index in [1.165, 1.54) is 0 Å². The summed E-state index contributed by atoms with van der Waals surface area (Å²) in [7, 11) is 5.66. The number of ketones is 1. The van der Waals surface area contributed by atoms with E-state index in [2.05, 4.69) is 4.98 Å². The Bertz CT molecular complexity index is 1090. The summed E-state index contributed by atoms with van der Waals surface area (Å²) >= 11 is 0. The highest BCUT2D eigenvalue weighted by Crippen LogP contribution is 2.60. The van der Waals surface area contributed by atoms with Crippen LogP contribution >= 0.6 is 0 Å². The summed E-state index contributed by atoms with van der Waals surface area (Å²) < 4.78 is 45.9. The molecule has 0 spiro atoms. The second-order valence-electron chi connectivity index (χ2n) is 10.1. The number of halogens is 3. The maximum absolute atomic E-state index is 13.3. The molecule has 0 bridgehead atoms. The molecule has 1 atom stereocenters. The van der Waals surface area contributed by atoms with Crippen molar-refractivity contribution in [1.82, 2.24) is 19.9 Å². The summed E-state index contributed by atoms with van der Waals surface area (Å²) in [5.41, 5.74) is 0.558. The van der Waals surface area contributed by atoms with E-state index in [1.54, 1.807) is 30.3 Å². The second-order valence-corrected chi connectivity index (χ2v) is 10.1. The lowest BCUT2D eigenvalue weighted by Crippen LogP contribution is -2.33. The molecule has 2 aliphatic carbocycles. The molecule has 10 heteroatoms. The van der Waals surface area contributed by atoms with Crippen LogP contribution in [-0.2, 0) is 17.6 Å². The van der Waals surface area contributed by atoms with Crippen LogP contribution in [0.2, 0.25) is 0 Å². The van der Waals surface area contributed by atoms with Crippen molar-refractivity contribution in [3.8, 4) is 17.3 Å². The van der Waals surface area contributed by atoms with Crippen molar-refractivity contribution in [3.05, 3.63) is 29.6 Å². The summed E-state index contributed by atoms with van der Waals surface area (Å²) in [5, 5.41) is 0. The van der Waals surface area contributed by atoms with E-state index in [-0.39, 0.29) is 25.5 Å². The molecule has 7 nitrogen and oxygen atoms in total. The fourth-order valence-electron chi connectivity index (χ4n) is 4.72. The number of hydrogen-bond donors (Lipinski definition) is 0. The van der Waals surface area contributed by atoms with Crippen LogP contribution in [0.3, 0.4) is 0 Å². The Morgan fingerprint density at radius 3 is 2.60 bits per heavy atom. The number of aryl methyl sites for hydroxylation is 1. The molecule has 4 rings (SSSR count). The first-order chi connectivity index (χ1) is 16.5. The highest BCUT2D eigenvalue weighted by Gasteiger charge is 2.63. The van der Waals surface area contributed by atoms with Crippen molar-refractivity contribution in [1.29, 1.82) is 0 Å². The average molecular weight is 492 g/mol. The molecule has 0 radical (unpaired) electrons. The number of fused-ring (bicyclic) bond motifs is 1. The Hall–Kier alpha value is -2.75. The third-order valence-electron chi connectivity index (χ3n) is 6.60. The highest BCUT2D eigenvalue weighted by atomic mass is 19.4. The number of alkyl halides is 3. The number of anilines is 1. The first-order valence-electron chi connectivity index (χ1n) is 11.9. The molecule has 1 saturated carbocycles. The van der Waals surface area contributed by atoms with Gasteiger partial charge < -0.3 is 14.5 Å². The maximum atomic E-state index is 13.3. The number of nitrogens with zero attached hydrogens (tertiary/aromatic N) is 5. The Morgan fingerprint density at radius 1 is 1.20 bits per heavy atom. The molecular weight excluding hydrogens is 459 g/mol. The van der Waals surface area contributed by atoms with Crippen LogP contribution in [0.5, 0.6) is 5.75 Å². The SMILES string of the molecule is C[C@H](CN(C)C)Oc1ccnc(-c2nc3c(c(N(C)CC(=O)CC4(C(F)(F)F)CC4)n2)CCC3)c1. The lowest BCUT2D eigenvalue weighted by molar-refractivity contribution is -0.190. The van der Waals surface area contributed by atoms with E-state index in [0.29, 0.717) is 23.1 Å². The molecule has 35 heavy (non-hydrogen) atoms. The summed E-state index contributed by atoms with van der Waals surface area (Å²) in [6.45, 7) is 2.62. The molecule has 190 valence electrons. The molecule has 2 aliphatic rings. The minimum Gasteiger partial charge on any atom is -0.489 e. The van der Waals surface area contributed by atoms with Crippen molar-refractivity contribution in [2.75, 3.05) is 39.1 Å². The minimum atomic E-state index is -4.34. The van der Waals surface area contributed by atoms with Crippen LogP contribution in [0.15, 0.2) is 18.3 Å². The lowest BCUT2D eigenvalue weighted by atomic mass is 9.98. The van der Waals surface area contributed by atoms with E-state index in [4.69, 9.17) is 14.7 Å². The van der Waals surface area contributed by atoms with Gasteiger partial charge in [-0.2, -0.15) is 13.2 Å². The van der Waals surface area contributed by atoms with Crippen LogP contribution < -0.4 is 9.64 Å². The summed E-state index contributed by atoms with van der Waals surface area (Å²) in [6, 6.07) is 3.57. The van der Waals surface area contributed by atoms with Crippen molar-refractivity contribution in [3.63, 3.8) is 0 Å². The Morgan fingerprint density at radius 2 is 1.94 bits per heavy atom. The van der Waals surface area contributed by atoms with Crippen LogP contribution in [0, 0.1) is 5.41 Å². The Kier molecular flexibility index (Phi) is 7.04. The van der Waals surface area contributed by atoms with Gasteiger partial charge in [-0.3, -0.25) is 9.78 Å². The quantitative estimate of drug-likeness (QED) is 0.496. The standard InChI is InChI=1S/C25H32F3N5O2/c1-16(14-32(2)3)35-18-8-11-29-21(12-18)22-30-20-7-5-6-19(20)23(31-22)33(4)15-17(34)13-24(9-10-24)25(26,27)28/h8,11-12,16H,5-7,9-10,13-15H2,1-4H3/t16-/m1/s1. The molecule has 0 unspecified atom stereocenters. The summed E-state index contributed by atoms with van der Waals surface area (Å²) in [6.07, 6.45) is -0.685. The van der Waals surface area contributed by atoms with Crippen LogP contribution in [0.4, 0.5) is 19.0 Å². The molecule has 2 heterocycles. The number of aromatic nitrogens is 3. The number of ether oxygens (including phenoxy) is 1. The predicted molar refractivity (Wildman–Crippen MR) is 127 cm³/mol. The maximum Gasteiger partial charge on any atom is 0.394 e. The van der Waals surface area contributed by atoms with Gasteiger partial charge in [0.25, 0.3) is 0 Å². The first kappa shape index (κ1) is 25.3. The minimum absolute atomic E-state index is 0.0241. The van der Waals surface area contributed by atoms with Gasteiger partial charge >= 0.3 is 6.18 Å². The predicted octanol–water partition coefficient (Wildman–Crippen LogP) is 4.09. The average Bonchev–Trinajstić information content (AvgIpc) is 3.39. The third kappa shape index (κ3) is 5.74. The lowest BCUT2D eigenvalue weighted by Gasteiger charge is -2.23. The largest absolute Gasteiger partial charge is 0.489 e. The number of carbonyl (C=O) groups is 1. The van der Waals surface area contributed by atoms with Crippen molar-refractivity contribution in [2.24, 2.45) is 5.41 Å². The van der Waals surface area contributed by atoms with E-state index in [0.717, 1.165) is 37.1 Å². The van der Waals surface area contributed by atoms with Crippen molar-refractivity contribution in [2.45, 2.75) is 57.7 Å². The van der Waals surface area contributed by atoms with Crippen LogP contribution in [0.25, 0.3) is 11.5 Å². The fourth-order valence-corrected chi connectivity index (χ4v) is 4.72. The van der Waals surface area contributed by atoms with Gasteiger partial charge in [-0.15, -0.1) is 0 Å². The van der Waals surface area contributed by atoms with Gasteiger partial charge in [-0.25, -0.2) is 9.97 Å². The van der Waals surface area contributed by atoms with Gasteiger partial charge in [0.15, 0.2) is 11.6 Å². The van der Waals surface area contributed by atoms with Gasteiger partial charge in [0.2, 0.25) is 0 Å². The van der Waals surface area contributed by atoms with E-state index in [1.807, 2.05) is 25.9 Å². The summed E-state index contributed by atoms with van der Waals surface area (Å²) in [5.74, 6) is 1.22. The van der Waals surface area contributed by atoms with Crippen LogP contribution in [-0.4, -0.2) is 72.1 Å². The monoisotopic (exact) mass is 491 g/mol. The van der Waals surface area contributed by atoms with Gasteiger partial charge in [-0.05, 0) is 59.2 Å². The number of Topliss-reactive ketones (excluding diaryl/α,β-unsaturated/α-hetero) is 1. The zero-order valence-corrected chi connectivity index (χ0v) is 20.7. The third-order valence-corrected chi connectivity index (χ3v) is 6.60. The van der Waals surface area contributed by atoms with Gasteiger partial charge in [0, 0.05) is 43.5 Å². The van der Waals surface area contributed by atoms with Crippen molar-refractivity contribution >= 4 is 11.6 Å². The molecule has 1 fully saturated rings. The molecule has 0 aromatic carbocycles. The molecule has 0 aliphatic heterocycles. The van der Waals surface area contributed by atoms with E-state index in [9.17, 15) is 18.0 Å². The topological polar surface area (TPSA) is 71.5 Å². The molecule has 2 aromatic heterocycles. The summed E-state index contributed by atoms with van der Waals surface area (Å²) in [4.78, 5) is 30.1. The molecule has 0 N–H and O–H groups in total. The van der Waals surface area contributed by atoms with Gasteiger partial charge in [0.05, 0.1) is 12.0 Å². The number of carbonyl (C=O) groups excluding carboxylic acids is 1. The molecule has 0 amide bonds.